The Morgan fingerprint density at radius 1 is 1.47 bits per heavy atom. The fraction of sp³-hybridized carbons (Fsp3) is 0.200. The molecule has 0 heterocycles. The first-order valence-electron chi connectivity index (χ1n) is 4.30. The van der Waals surface area contributed by atoms with Crippen molar-refractivity contribution in [2.75, 3.05) is 12.8 Å². The number of amides is 1. The SMILES string of the molecule is CNC(=O)CSc1cccc(C(=O)O)c1. The molecule has 4 nitrogen and oxygen atoms in total. The molecule has 0 fully saturated rings. The van der Waals surface area contributed by atoms with Crippen LogP contribution in [-0.4, -0.2) is 29.8 Å². The Morgan fingerprint density at radius 3 is 2.80 bits per heavy atom. The van der Waals surface area contributed by atoms with Gasteiger partial charge < -0.3 is 10.4 Å². The molecule has 0 bridgehead atoms. The molecule has 0 aromatic heterocycles. The smallest absolute Gasteiger partial charge is 0.335 e. The molecular formula is C10H11NO3S. The standard InChI is InChI=1S/C10H11NO3S/c1-11-9(12)6-15-8-4-2-3-7(5-8)10(13)14/h2-5H,6H2,1H3,(H,11,12)(H,13,14). The molecular weight excluding hydrogens is 214 g/mol. The Labute approximate surface area is 91.7 Å². The van der Waals surface area contributed by atoms with Gasteiger partial charge >= 0.3 is 5.97 Å². The molecule has 0 saturated carbocycles. The molecule has 1 aromatic rings. The average Bonchev–Trinajstić information content (AvgIpc) is 2.26. The summed E-state index contributed by atoms with van der Waals surface area (Å²) in [4.78, 5) is 22.4. The first-order valence-corrected chi connectivity index (χ1v) is 5.29. The van der Waals surface area contributed by atoms with E-state index in [9.17, 15) is 9.59 Å². The molecule has 0 unspecified atom stereocenters. The quantitative estimate of drug-likeness (QED) is 0.756. The van der Waals surface area contributed by atoms with Crippen LogP contribution in [0.5, 0.6) is 0 Å². The molecule has 0 spiro atoms. The van der Waals surface area contributed by atoms with Crippen molar-refractivity contribution in [3.05, 3.63) is 29.8 Å². The van der Waals surface area contributed by atoms with Crippen LogP contribution in [0.15, 0.2) is 29.2 Å². The molecule has 0 aliphatic heterocycles. The van der Waals surface area contributed by atoms with Gasteiger partial charge in [-0.2, -0.15) is 0 Å². The Hall–Kier alpha value is -1.49. The van der Waals surface area contributed by atoms with E-state index in [1.54, 1.807) is 25.2 Å². The van der Waals surface area contributed by atoms with Crippen LogP contribution in [0, 0.1) is 0 Å². The van der Waals surface area contributed by atoms with Crippen molar-refractivity contribution in [3.63, 3.8) is 0 Å². The third-order valence-corrected chi connectivity index (χ3v) is 2.72. The molecule has 1 aromatic carbocycles. The maximum Gasteiger partial charge on any atom is 0.335 e. The number of carboxylic acids is 1. The number of hydrogen-bond acceptors (Lipinski definition) is 3. The first kappa shape index (κ1) is 11.6. The van der Waals surface area contributed by atoms with E-state index in [-0.39, 0.29) is 11.5 Å². The maximum absolute atomic E-state index is 11.0. The lowest BCUT2D eigenvalue weighted by molar-refractivity contribution is -0.118. The summed E-state index contributed by atoms with van der Waals surface area (Å²) < 4.78 is 0. The van der Waals surface area contributed by atoms with E-state index in [0.29, 0.717) is 5.75 Å². The van der Waals surface area contributed by atoms with Crippen molar-refractivity contribution in [2.24, 2.45) is 0 Å². The minimum Gasteiger partial charge on any atom is -0.478 e. The van der Waals surface area contributed by atoms with E-state index in [4.69, 9.17) is 5.11 Å². The van der Waals surface area contributed by atoms with Crippen molar-refractivity contribution in [1.82, 2.24) is 5.32 Å². The normalized spacial score (nSPS) is 9.67. The summed E-state index contributed by atoms with van der Waals surface area (Å²) in [6.07, 6.45) is 0. The van der Waals surface area contributed by atoms with E-state index in [1.165, 1.54) is 17.8 Å². The molecule has 0 saturated heterocycles. The number of carboxylic acid groups (broad SMARTS) is 1. The van der Waals surface area contributed by atoms with Gasteiger partial charge in [0.25, 0.3) is 0 Å². The van der Waals surface area contributed by atoms with Gasteiger partial charge in [0.05, 0.1) is 11.3 Å². The van der Waals surface area contributed by atoms with Crippen LogP contribution >= 0.6 is 11.8 Å². The Kier molecular flexibility index (Phi) is 4.17. The fourth-order valence-electron chi connectivity index (χ4n) is 0.940. The zero-order valence-corrected chi connectivity index (χ0v) is 9.00. The number of rotatable bonds is 4. The molecule has 2 N–H and O–H groups in total. The molecule has 1 rings (SSSR count). The van der Waals surface area contributed by atoms with Gasteiger partial charge in [-0.3, -0.25) is 4.79 Å². The number of benzene rings is 1. The number of carbonyl (C=O) groups is 2. The molecule has 0 radical (unpaired) electrons. The first-order chi connectivity index (χ1) is 7.13. The largest absolute Gasteiger partial charge is 0.478 e. The minimum absolute atomic E-state index is 0.0827. The second kappa shape index (κ2) is 5.41. The summed E-state index contributed by atoms with van der Waals surface area (Å²) in [5.41, 5.74) is 0.233. The van der Waals surface area contributed by atoms with Crippen LogP contribution < -0.4 is 5.32 Å². The van der Waals surface area contributed by atoms with Crippen LogP contribution in [0.25, 0.3) is 0 Å². The summed E-state index contributed by atoms with van der Waals surface area (Å²) in [5, 5.41) is 11.2. The van der Waals surface area contributed by atoms with E-state index in [1.807, 2.05) is 0 Å². The summed E-state index contributed by atoms with van der Waals surface area (Å²) in [7, 11) is 1.57. The van der Waals surface area contributed by atoms with Crippen molar-refractivity contribution in [1.29, 1.82) is 0 Å². The van der Waals surface area contributed by atoms with Gasteiger partial charge in [-0.1, -0.05) is 6.07 Å². The number of aromatic carboxylic acids is 1. The van der Waals surface area contributed by atoms with Crippen LogP contribution in [0.2, 0.25) is 0 Å². The van der Waals surface area contributed by atoms with Gasteiger partial charge in [0, 0.05) is 11.9 Å². The van der Waals surface area contributed by atoms with Crippen LogP contribution in [0.3, 0.4) is 0 Å². The number of hydrogen-bond donors (Lipinski definition) is 2. The summed E-state index contributed by atoms with van der Waals surface area (Å²) in [6.45, 7) is 0. The lowest BCUT2D eigenvalue weighted by Gasteiger charge is -2.01. The van der Waals surface area contributed by atoms with Gasteiger partial charge in [-0.15, -0.1) is 11.8 Å². The predicted molar refractivity (Wildman–Crippen MR) is 58.2 cm³/mol. The number of nitrogens with one attached hydrogen (secondary N) is 1. The molecule has 5 heteroatoms. The van der Waals surface area contributed by atoms with Crippen molar-refractivity contribution in [2.45, 2.75) is 4.90 Å². The number of carbonyl (C=O) groups excluding carboxylic acids is 1. The third kappa shape index (κ3) is 3.63. The summed E-state index contributed by atoms with van der Waals surface area (Å²) in [6, 6.07) is 6.51. The summed E-state index contributed by atoms with van der Waals surface area (Å²) >= 11 is 1.31. The van der Waals surface area contributed by atoms with E-state index < -0.39 is 5.97 Å². The zero-order valence-electron chi connectivity index (χ0n) is 8.19. The van der Waals surface area contributed by atoms with Crippen LogP contribution in [0.4, 0.5) is 0 Å². The van der Waals surface area contributed by atoms with Gasteiger partial charge in [-0.05, 0) is 18.2 Å². The molecule has 15 heavy (non-hydrogen) atoms. The molecule has 0 aliphatic rings. The van der Waals surface area contributed by atoms with Gasteiger partial charge in [0.1, 0.15) is 0 Å². The van der Waals surface area contributed by atoms with Crippen LogP contribution in [-0.2, 0) is 4.79 Å². The predicted octanol–water partition coefficient (Wildman–Crippen LogP) is 1.22. The third-order valence-electron chi connectivity index (χ3n) is 1.73. The highest BCUT2D eigenvalue weighted by molar-refractivity contribution is 8.00. The molecule has 0 atom stereocenters. The highest BCUT2D eigenvalue weighted by Gasteiger charge is 2.04. The second-order valence-corrected chi connectivity index (χ2v) is 3.84. The highest BCUT2D eigenvalue weighted by Crippen LogP contribution is 2.18. The topological polar surface area (TPSA) is 66.4 Å². The Bertz CT molecular complexity index is 379. The Balaban J connectivity index is 2.66. The molecule has 1 amide bonds. The van der Waals surface area contributed by atoms with Crippen molar-refractivity contribution in [3.8, 4) is 0 Å². The monoisotopic (exact) mass is 225 g/mol. The fourth-order valence-corrected chi connectivity index (χ4v) is 1.77. The zero-order chi connectivity index (χ0) is 11.3. The van der Waals surface area contributed by atoms with Gasteiger partial charge in [0.15, 0.2) is 0 Å². The Morgan fingerprint density at radius 2 is 2.20 bits per heavy atom. The minimum atomic E-state index is -0.961. The van der Waals surface area contributed by atoms with Crippen molar-refractivity contribution < 1.29 is 14.7 Å². The van der Waals surface area contributed by atoms with Crippen molar-refractivity contribution >= 4 is 23.6 Å². The second-order valence-electron chi connectivity index (χ2n) is 2.79. The lowest BCUT2D eigenvalue weighted by Crippen LogP contribution is -2.19. The van der Waals surface area contributed by atoms with Gasteiger partial charge in [0.2, 0.25) is 5.91 Å². The molecule has 0 aliphatic carbocycles. The maximum atomic E-state index is 11.0. The number of thioether (sulfide) groups is 1. The van der Waals surface area contributed by atoms with Gasteiger partial charge in [-0.25, -0.2) is 4.79 Å². The van der Waals surface area contributed by atoms with E-state index in [2.05, 4.69) is 5.32 Å². The van der Waals surface area contributed by atoms with E-state index >= 15 is 0 Å². The highest BCUT2D eigenvalue weighted by atomic mass is 32.2. The van der Waals surface area contributed by atoms with E-state index in [0.717, 1.165) is 4.90 Å². The lowest BCUT2D eigenvalue weighted by atomic mass is 10.2. The average molecular weight is 225 g/mol. The molecule has 80 valence electrons. The van der Waals surface area contributed by atoms with Crippen LogP contribution in [0.1, 0.15) is 10.4 Å². The summed E-state index contributed by atoms with van der Waals surface area (Å²) in [5.74, 6) is -0.752.